The summed E-state index contributed by atoms with van der Waals surface area (Å²) in [5, 5.41) is 0. The Morgan fingerprint density at radius 2 is 1.78 bits per heavy atom. The molecule has 0 saturated carbocycles. The van der Waals surface area contributed by atoms with Crippen LogP contribution in [0.15, 0.2) is 36.7 Å². The van der Waals surface area contributed by atoms with E-state index in [0.717, 1.165) is 43.6 Å². The summed E-state index contributed by atoms with van der Waals surface area (Å²) in [5.41, 5.74) is 1.44. The van der Waals surface area contributed by atoms with Gasteiger partial charge in [0.25, 0.3) is 0 Å². The Balaban J connectivity index is 1.51. The van der Waals surface area contributed by atoms with Gasteiger partial charge in [0.05, 0.1) is 0 Å². The summed E-state index contributed by atoms with van der Waals surface area (Å²) in [6, 6.07) is 8.18. The summed E-state index contributed by atoms with van der Waals surface area (Å²) in [7, 11) is 0. The largest absolute Gasteiger partial charge is 0.356 e. The van der Waals surface area contributed by atoms with Gasteiger partial charge in [-0.25, -0.2) is 15.0 Å². The monoisotopic (exact) mass is 309 g/mol. The van der Waals surface area contributed by atoms with Crippen molar-refractivity contribution in [2.24, 2.45) is 5.41 Å². The van der Waals surface area contributed by atoms with Crippen LogP contribution in [0.25, 0.3) is 0 Å². The van der Waals surface area contributed by atoms with E-state index < -0.39 is 0 Å². The van der Waals surface area contributed by atoms with Crippen molar-refractivity contribution >= 4 is 11.8 Å². The van der Waals surface area contributed by atoms with Crippen LogP contribution in [0, 0.1) is 12.3 Å². The molecule has 0 bridgehead atoms. The summed E-state index contributed by atoms with van der Waals surface area (Å²) in [5.74, 6) is 1.99. The van der Waals surface area contributed by atoms with Crippen LogP contribution < -0.4 is 9.80 Å². The van der Waals surface area contributed by atoms with Crippen molar-refractivity contribution in [3.63, 3.8) is 0 Å². The molecule has 0 radical (unpaired) electrons. The zero-order valence-electron chi connectivity index (χ0n) is 13.6. The lowest BCUT2D eigenvalue weighted by atomic mass is 9.79. The Bertz CT molecular complexity index is 674. The number of hydrogen-bond donors (Lipinski definition) is 0. The molecule has 4 heterocycles. The molecule has 1 spiro atoms. The standard InChI is InChI=1S/C18H23N5/c1-15-5-2-6-16(21-15)22-12-8-18(13-22)7-3-11-23(14-18)17-19-9-4-10-20-17/h2,4-6,9-10H,3,7-8,11-14H2,1H3. The van der Waals surface area contributed by atoms with Gasteiger partial charge >= 0.3 is 0 Å². The molecule has 120 valence electrons. The van der Waals surface area contributed by atoms with Gasteiger partial charge < -0.3 is 9.80 Å². The van der Waals surface area contributed by atoms with Gasteiger partial charge in [0.15, 0.2) is 0 Å². The minimum atomic E-state index is 0.350. The number of aromatic nitrogens is 3. The minimum absolute atomic E-state index is 0.350. The Morgan fingerprint density at radius 1 is 0.957 bits per heavy atom. The third kappa shape index (κ3) is 2.87. The summed E-state index contributed by atoms with van der Waals surface area (Å²) in [6.45, 7) is 6.37. The molecule has 2 aliphatic heterocycles. The minimum Gasteiger partial charge on any atom is -0.356 e. The highest BCUT2D eigenvalue weighted by Gasteiger charge is 2.42. The Hall–Kier alpha value is -2.17. The van der Waals surface area contributed by atoms with Crippen LogP contribution in [-0.2, 0) is 0 Å². The molecule has 1 unspecified atom stereocenters. The fourth-order valence-electron chi connectivity index (χ4n) is 4.00. The Kier molecular flexibility index (Phi) is 3.63. The van der Waals surface area contributed by atoms with Crippen LogP contribution in [0.3, 0.4) is 0 Å². The summed E-state index contributed by atoms with van der Waals surface area (Å²) >= 11 is 0. The predicted molar refractivity (Wildman–Crippen MR) is 91.7 cm³/mol. The lowest BCUT2D eigenvalue weighted by molar-refractivity contribution is 0.262. The second-order valence-electron chi connectivity index (χ2n) is 6.88. The molecule has 5 nitrogen and oxygen atoms in total. The number of rotatable bonds is 2. The SMILES string of the molecule is Cc1cccc(N2CCC3(CCCN(c4ncccn4)C3)C2)n1. The highest BCUT2D eigenvalue weighted by molar-refractivity contribution is 5.42. The van der Waals surface area contributed by atoms with Gasteiger partial charge in [-0.15, -0.1) is 0 Å². The van der Waals surface area contributed by atoms with Crippen molar-refractivity contribution < 1.29 is 0 Å². The number of piperidine rings is 1. The van der Waals surface area contributed by atoms with E-state index in [-0.39, 0.29) is 0 Å². The first kappa shape index (κ1) is 14.4. The van der Waals surface area contributed by atoms with Crippen molar-refractivity contribution in [3.05, 3.63) is 42.4 Å². The van der Waals surface area contributed by atoms with E-state index >= 15 is 0 Å². The number of nitrogens with zero attached hydrogens (tertiary/aromatic N) is 5. The average Bonchev–Trinajstić information content (AvgIpc) is 2.99. The molecule has 0 amide bonds. The van der Waals surface area contributed by atoms with Crippen LogP contribution >= 0.6 is 0 Å². The second-order valence-corrected chi connectivity index (χ2v) is 6.88. The molecule has 23 heavy (non-hydrogen) atoms. The molecule has 1 atom stereocenters. The molecule has 5 heteroatoms. The molecular formula is C18H23N5. The van der Waals surface area contributed by atoms with E-state index in [2.05, 4.69) is 44.9 Å². The van der Waals surface area contributed by atoms with Crippen molar-refractivity contribution in [1.29, 1.82) is 0 Å². The van der Waals surface area contributed by atoms with E-state index in [0.29, 0.717) is 5.41 Å². The van der Waals surface area contributed by atoms with Crippen molar-refractivity contribution in [2.45, 2.75) is 26.2 Å². The average molecular weight is 309 g/mol. The van der Waals surface area contributed by atoms with E-state index in [1.54, 1.807) is 0 Å². The first-order valence-corrected chi connectivity index (χ1v) is 8.45. The van der Waals surface area contributed by atoms with Crippen LogP contribution in [0.1, 0.15) is 25.0 Å². The van der Waals surface area contributed by atoms with E-state index in [1.165, 1.54) is 19.3 Å². The summed E-state index contributed by atoms with van der Waals surface area (Å²) < 4.78 is 0. The lowest BCUT2D eigenvalue weighted by Crippen LogP contribution is -2.45. The molecule has 0 aliphatic carbocycles. The van der Waals surface area contributed by atoms with Gasteiger partial charge in [0.1, 0.15) is 5.82 Å². The number of hydrogen-bond acceptors (Lipinski definition) is 5. The number of anilines is 2. The Morgan fingerprint density at radius 3 is 2.61 bits per heavy atom. The van der Waals surface area contributed by atoms with Gasteiger partial charge in [-0.3, -0.25) is 0 Å². The fraction of sp³-hybridized carbons (Fsp3) is 0.500. The smallest absolute Gasteiger partial charge is 0.225 e. The van der Waals surface area contributed by atoms with Crippen LogP contribution in [0.5, 0.6) is 0 Å². The first-order valence-electron chi connectivity index (χ1n) is 8.45. The lowest BCUT2D eigenvalue weighted by Gasteiger charge is -2.40. The quantitative estimate of drug-likeness (QED) is 0.853. The van der Waals surface area contributed by atoms with Crippen LogP contribution in [0.2, 0.25) is 0 Å². The van der Waals surface area contributed by atoms with E-state index in [1.807, 2.05) is 18.5 Å². The molecule has 0 N–H and O–H groups in total. The maximum atomic E-state index is 4.70. The van der Waals surface area contributed by atoms with Crippen LogP contribution in [0.4, 0.5) is 11.8 Å². The topological polar surface area (TPSA) is 45.2 Å². The number of aryl methyl sites for hydroxylation is 1. The first-order chi connectivity index (χ1) is 11.2. The van der Waals surface area contributed by atoms with Crippen molar-refractivity contribution in [3.8, 4) is 0 Å². The molecule has 2 aliphatic rings. The third-order valence-electron chi connectivity index (χ3n) is 5.13. The third-order valence-corrected chi connectivity index (χ3v) is 5.13. The normalized spacial score (nSPS) is 24.4. The summed E-state index contributed by atoms with van der Waals surface area (Å²) in [4.78, 5) is 18.4. The summed E-state index contributed by atoms with van der Waals surface area (Å²) in [6.07, 6.45) is 7.40. The molecular weight excluding hydrogens is 286 g/mol. The molecule has 4 rings (SSSR count). The number of pyridine rings is 1. The maximum Gasteiger partial charge on any atom is 0.225 e. The highest BCUT2D eigenvalue weighted by Crippen LogP contribution is 2.40. The zero-order valence-corrected chi connectivity index (χ0v) is 13.6. The van der Waals surface area contributed by atoms with Crippen molar-refractivity contribution in [1.82, 2.24) is 15.0 Å². The van der Waals surface area contributed by atoms with Crippen LogP contribution in [-0.4, -0.2) is 41.1 Å². The van der Waals surface area contributed by atoms with Gasteiger partial charge in [-0.1, -0.05) is 6.07 Å². The molecule has 2 saturated heterocycles. The van der Waals surface area contributed by atoms with Gasteiger partial charge in [0, 0.05) is 49.7 Å². The van der Waals surface area contributed by atoms with Crippen molar-refractivity contribution in [2.75, 3.05) is 36.0 Å². The molecule has 0 aromatic carbocycles. The fourth-order valence-corrected chi connectivity index (χ4v) is 4.00. The predicted octanol–water partition coefficient (Wildman–Crippen LogP) is 2.68. The molecule has 2 fully saturated rings. The molecule has 2 aromatic heterocycles. The molecule has 2 aromatic rings. The van der Waals surface area contributed by atoms with E-state index in [4.69, 9.17) is 4.98 Å². The van der Waals surface area contributed by atoms with Gasteiger partial charge in [-0.05, 0) is 44.4 Å². The second kappa shape index (κ2) is 5.80. The highest BCUT2D eigenvalue weighted by atomic mass is 15.3. The maximum absolute atomic E-state index is 4.70. The zero-order chi connectivity index (χ0) is 15.7. The van der Waals surface area contributed by atoms with Gasteiger partial charge in [-0.2, -0.15) is 0 Å². The van der Waals surface area contributed by atoms with Gasteiger partial charge in [0.2, 0.25) is 5.95 Å². The van der Waals surface area contributed by atoms with E-state index in [9.17, 15) is 0 Å². The Labute approximate surface area is 137 Å².